The fourth-order valence-corrected chi connectivity index (χ4v) is 3.38. The maximum absolute atomic E-state index is 5.45. The second-order valence-corrected chi connectivity index (χ2v) is 5.82. The van der Waals surface area contributed by atoms with Crippen molar-refractivity contribution in [3.8, 4) is 17.2 Å². The molecule has 0 aromatic heterocycles. The highest BCUT2D eigenvalue weighted by Crippen LogP contribution is 2.45. The summed E-state index contributed by atoms with van der Waals surface area (Å²) >= 11 is 1.93. The monoisotopic (exact) mass is 267 g/mol. The first-order valence-electron chi connectivity index (χ1n) is 6.10. The molecule has 1 N–H and O–H groups in total. The molecule has 2 unspecified atom stereocenters. The van der Waals surface area contributed by atoms with Crippen LogP contribution in [0.5, 0.6) is 17.2 Å². The van der Waals surface area contributed by atoms with Crippen LogP contribution in [0.3, 0.4) is 0 Å². The molecule has 0 aliphatic carbocycles. The van der Waals surface area contributed by atoms with Gasteiger partial charge in [-0.25, -0.2) is 0 Å². The van der Waals surface area contributed by atoms with Crippen molar-refractivity contribution in [1.82, 2.24) is 5.32 Å². The van der Waals surface area contributed by atoms with Gasteiger partial charge >= 0.3 is 0 Å². The molecular weight excluding hydrogens is 250 g/mol. The normalized spacial score (nSPS) is 26.1. The lowest BCUT2D eigenvalue weighted by molar-refractivity contribution is 0.171. The summed E-state index contributed by atoms with van der Waals surface area (Å²) < 4.78 is 16.2. The number of hydrogen-bond donors (Lipinski definition) is 1. The average molecular weight is 267 g/mol. The van der Waals surface area contributed by atoms with E-state index in [1.165, 1.54) is 11.3 Å². The van der Waals surface area contributed by atoms with Gasteiger partial charge in [-0.05, 0) is 35.9 Å². The predicted molar refractivity (Wildman–Crippen MR) is 71.5 cm³/mol. The Balaban J connectivity index is 1.88. The summed E-state index contributed by atoms with van der Waals surface area (Å²) in [5, 5.41) is 3.85. The van der Waals surface area contributed by atoms with E-state index in [-0.39, 0.29) is 6.79 Å². The molecule has 0 saturated carbocycles. The van der Waals surface area contributed by atoms with Crippen molar-refractivity contribution in [3.63, 3.8) is 0 Å². The van der Waals surface area contributed by atoms with E-state index in [2.05, 4.69) is 12.2 Å². The molecule has 1 fully saturated rings. The van der Waals surface area contributed by atoms with Gasteiger partial charge in [-0.3, -0.25) is 0 Å². The zero-order valence-corrected chi connectivity index (χ0v) is 11.4. The van der Waals surface area contributed by atoms with Crippen LogP contribution in [-0.4, -0.2) is 26.2 Å². The van der Waals surface area contributed by atoms with E-state index in [0.29, 0.717) is 5.37 Å². The van der Waals surface area contributed by atoms with E-state index in [1.54, 1.807) is 7.11 Å². The summed E-state index contributed by atoms with van der Waals surface area (Å²) in [5.74, 6) is 4.15. The van der Waals surface area contributed by atoms with Crippen LogP contribution in [0.4, 0.5) is 0 Å². The molecule has 98 valence electrons. The van der Waals surface area contributed by atoms with Crippen molar-refractivity contribution in [2.45, 2.75) is 12.3 Å². The maximum Gasteiger partial charge on any atom is 0.231 e. The van der Waals surface area contributed by atoms with E-state index < -0.39 is 0 Å². The van der Waals surface area contributed by atoms with Crippen LogP contribution >= 0.6 is 11.8 Å². The Morgan fingerprint density at radius 2 is 2.28 bits per heavy atom. The van der Waals surface area contributed by atoms with Gasteiger partial charge in [-0.15, -0.1) is 11.8 Å². The Kier molecular flexibility index (Phi) is 3.26. The largest absolute Gasteiger partial charge is 0.493 e. The van der Waals surface area contributed by atoms with Gasteiger partial charge in [0.1, 0.15) is 0 Å². The van der Waals surface area contributed by atoms with Crippen LogP contribution in [0.15, 0.2) is 12.1 Å². The van der Waals surface area contributed by atoms with E-state index in [4.69, 9.17) is 14.2 Å². The van der Waals surface area contributed by atoms with Crippen molar-refractivity contribution in [2.75, 3.05) is 26.2 Å². The molecule has 0 spiro atoms. The van der Waals surface area contributed by atoms with Crippen molar-refractivity contribution in [3.05, 3.63) is 17.7 Å². The summed E-state index contributed by atoms with van der Waals surface area (Å²) in [4.78, 5) is 0. The molecule has 0 bridgehead atoms. The van der Waals surface area contributed by atoms with Gasteiger partial charge in [0.05, 0.1) is 12.5 Å². The number of fused-ring (bicyclic) bond motifs is 1. The van der Waals surface area contributed by atoms with Gasteiger partial charge in [-0.2, -0.15) is 0 Å². The van der Waals surface area contributed by atoms with Crippen molar-refractivity contribution in [1.29, 1.82) is 0 Å². The highest BCUT2D eigenvalue weighted by molar-refractivity contribution is 7.99. The van der Waals surface area contributed by atoms with Crippen LogP contribution in [-0.2, 0) is 0 Å². The lowest BCUT2D eigenvalue weighted by Crippen LogP contribution is -2.31. The molecule has 2 aliphatic heterocycles. The number of thioether (sulfide) groups is 1. The highest BCUT2D eigenvalue weighted by atomic mass is 32.2. The van der Waals surface area contributed by atoms with Gasteiger partial charge in [0.2, 0.25) is 12.5 Å². The molecule has 1 aromatic carbocycles. The standard InChI is InChI=1S/C13H17NO3S/c1-8-5-14-13(18-6-8)9-3-10(15-2)12-11(4-9)16-7-17-12/h3-4,8,13-14H,5-7H2,1-2H3. The Labute approximate surface area is 111 Å². The Morgan fingerprint density at radius 3 is 3.00 bits per heavy atom. The Hall–Kier alpha value is -1.07. The van der Waals surface area contributed by atoms with Gasteiger partial charge in [-0.1, -0.05) is 6.92 Å². The molecule has 0 amide bonds. The third kappa shape index (κ3) is 2.12. The number of ether oxygens (including phenoxy) is 3. The number of nitrogens with one attached hydrogen (secondary N) is 1. The smallest absolute Gasteiger partial charge is 0.231 e. The highest BCUT2D eigenvalue weighted by Gasteiger charge is 2.25. The summed E-state index contributed by atoms with van der Waals surface area (Å²) in [6.07, 6.45) is 0. The zero-order chi connectivity index (χ0) is 12.5. The van der Waals surface area contributed by atoms with Gasteiger partial charge in [0, 0.05) is 0 Å². The SMILES string of the molecule is COc1cc(C2NCC(C)CS2)cc2c1OCO2. The van der Waals surface area contributed by atoms with E-state index in [9.17, 15) is 0 Å². The van der Waals surface area contributed by atoms with Crippen LogP contribution < -0.4 is 19.5 Å². The minimum absolute atomic E-state index is 0.275. The van der Waals surface area contributed by atoms with Crippen molar-refractivity contribution >= 4 is 11.8 Å². The van der Waals surface area contributed by atoms with Crippen molar-refractivity contribution in [2.24, 2.45) is 5.92 Å². The molecule has 2 aliphatic rings. The second kappa shape index (κ2) is 4.90. The molecule has 18 heavy (non-hydrogen) atoms. The summed E-state index contributed by atoms with van der Waals surface area (Å²) in [7, 11) is 1.66. The maximum atomic E-state index is 5.45. The second-order valence-electron chi connectivity index (χ2n) is 4.68. The molecule has 5 heteroatoms. The van der Waals surface area contributed by atoms with Crippen LogP contribution in [0.1, 0.15) is 17.9 Å². The van der Waals surface area contributed by atoms with Crippen LogP contribution in [0.2, 0.25) is 0 Å². The van der Waals surface area contributed by atoms with Gasteiger partial charge in [0.15, 0.2) is 11.5 Å². The molecular formula is C13H17NO3S. The van der Waals surface area contributed by atoms with E-state index >= 15 is 0 Å². The van der Waals surface area contributed by atoms with Crippen LogP contribution in [0.25, 0.3) is 0 Å². The van der Waals surface area contributed by atoms with Gasteiger partial charge in [0.25, 0.3) is 0 Å². The molecule has 3 rings (SSSR count). The minimum Gasteiger partial charge on any atom is -0.493 e. The third-order valence-corrected chi connectivity index (χ3v) is 4.72. The molecule has 0 radical (unpaired) electrons. The lowest BCUT2D eigenvalue weighted by atomic mass is 10.1. The fourth-order valence-electron chi connectivity index (χ4n) is 2.20. The first-order chi connectivity index (χ1) is 8.78. The fraction of sp³-hybridized carbons (Fsp3) is 0.538. The predicted octanol–water partition coefficient (Wildman–Crippen LogP) is 2.40. The average Bonchev–Trinajstić information content (AvgIpc) is 2.86. The molecule has 2 atom stereocenters. The third-order valence-electron chi connectivity index (χ3n) is 3.18. The first kappa shape index (κ1) is 12.0. The van der Waals surface area contributed by atoms with Crippen LogP contribution in [0, 0.1) is 5.92 Å². The Bertz CT molecular complexity index is 444. The number of rotatable bonds is 2. The number of methoxy groups -OCH3 is 1. The topological polar surface area (TPSA) is 39.7 Å². The Morgan fingerprint density at radius 1 is 1.39 bits per heavy atom. The number of benzene rings is 1. The minimum atomic E-state index is 0.275. The summed E-state index contributed by atoms with van der Waals surface area (Å²) in [5.41, 5.74) is 1.19. The first-order valence-corrected chi connectivity index (χ1v) is 7.15. The summed E-state index contributed by atoms with van der Waals surface area (Å²) in [6.45, 7) is 3.59. The lowest BCUT2D eigenvalue weighted by Gasteiger charge is -2.28. The quantitative estimate of drug-likeness (QED) is 0.891. The van der Waals surface area contributed by atoms with E-state index in [1.807, 2.05) is 23.9 Å². The summed E-state index contributed by atoms with van der Waals surface area (Å²) in [6, 6.07) is 4.08. The zero-order valence-electron chi connectivity index (χ0n) is 10.6. The van der Waals surface area contributed by atoms with Crippen molar-refractivity contribution < 1.29 is 14.2 Å². The molecule has 4 nitrogen and oxygen atoms in total. The molecule has 1 saturated heterocycles. The van der Waals surface area contributed by atoms with E-state index in [0.717, 1.165) is 29.7 Å². The number of hydrogen-bond acceptors (Lipinski definition) is 5. The van der Waals surface area contributed by atoms with Gasteiger partial charge < -0.3 is 19.5 Å². The molecule has 2 heterocycles. The molecule has 1 aromatic rings.